The predicted molar refractivity (Wildman–Crippen MR) is 65.4 cm³/mol. The number of aromatic nitrogens is 3. The molecule has 2 aromatic heterocycles. The van der Waals surface area contributed by atoms with Crippen LogP contribution < -0.4 is 5.73 Å². The summed E-state index contributed by atoms with van der Waals surface area (Å²) in [5.74, 6) is 0.900. The number of aryl methyl sites for hydroxylation is 2. The summed E-state index contributed by atoms with van der Waals surface area (Å²) in [5, 5.41) is 8.99. The average molecular weight is 234 g/mol. The van der Waals surface area contributed by atoms with Crippen molar-refractivity contribution in [3.63, 3.8) is 0 Å². The summed E-state index contributed by atoms with van der Waals surface area (Å²) in [4.78, 5) is 1.45. The Labute approximate surface area is 98.1 Å². The van der Waals surface area contributed by atoms with Crippen molar-refractivity contribution < 1.29 is 0 Å². The van der Waals surface area contributed by atoms with Gasteiger partial charge in [0.25, 0.3) is 0 Å². The summed E-state index contributed by atoms with van der Waals surface area (Å²) in [5.41, 5.74) is 8.65. The number of rotatable bonds is 1. The number of hydrogen-bond donors (Lipinski definition) is 1. The molecule has 0 bridgehead atoms. The van der Waals surface area contributed by atoms with E-state index in [1.54, 1.807) is 17.7 Å². The summed E-state index contributed by atoms with van der Waals surface area (Å²) in [7, 11) is 1.96. The lowest BCUT2D eigenvalue weighted by Gasteiger charge is -2.12. The lowest BCUT2D eigenvalue weighted by molar-refractivity contribution is 0.697. The highest BCUT2D eigenvalue weighted by molar-refractivity contribution is 7.16. The number of hydrogen-bond acceptors (Lipinski definition) is 4. The second-order valence-corrected chi connectivity index (χ2v) is 5.35. The molecule has 0 saturated heterocycles. The minimum atomic E-state index is 0.892. The Balaban J connectivity index is 2.20. The second-order valence-electron chi connectivity index (χ2n) is 4.22. The van der Waals surface area contributed by atoms with Gasteiger partial charge in [-0.05, 0) is 31.2 Å². The van der Waals surface area contributed by atoms with Gasteiger partial charge in [-0.15, -0.1) is 21.5 Å². The standard InChI is InChI=1S/C11H14N4S/c1-15-6-13-14-11(15)9-7-4-2-3-5-8(7)16-10(9)12/h6H,2-5,12H2,1H3. The Morgan fingerprint density at radius 1 is 1.38 bits per heavy atom. The Kier molecular flexibility index (Phi) is 2.21. The number of thiophene rings is 1. The molecule has 3 rings (SSSR count). The first-order chi connectivity index (χ1) is 7.77. The van der Waals surface area contributed by atoms with Crippen molar-refractivity contribution >= 4 is 16.3 Å². The first kappa shape index (κ1) is 9.84. The van der Waals surface area contributed by atoms with Gasteiger partial charge in [-0.1, -0.05) is 0 Å². The minimum absolute atomic E-state index is 0.892. The van der Waals surface area contributed by atoms with Crippen molar-refractivity contribution in [2.45, 2.75) is 25.7 Å². The van der Waals surface area contributed by atoms with Gasteiger partial charge < -0.3 is 10.3 Å². The molecular formula is C11H14N4S. The molecule has 5 heteroatoms. The second kappa shape index (κ2) is 3.59. The van der Waals surface area contributed by atoms with Crippen LogP contribution in [0, 0.1) is 0 Å². The quantitative estimate of drug-likeness (QED) is 0.821. The van der Waals surface area contributed by atoms with E-state index in [-0.39, 0.29) is 0 Å². The molecule has 0 spiro atoms. The summed E-state index contributed by atoms with van der Waals surface area (Å²) in [6.45, 7) is 0. The zero-order chi connectivity index (χ0) is 11.1. The van der Waals surface area contributed by atoms with Crippen molar-refractivity contribution in [1.82, 2.24) is 14.8 Å². The largest absolute Gasteiger partial charge is 0.390 e. The summed E-state index contributed by atoms with van der Waals surface area (Å²) in [6, 6.07) is 0. The summed E-state index contributed by atoms with van der Waals surface area (Å²) in [6.07, 6.45) is 6.56. The van der Waals surface area contributed by atoms with Crippen LogP contribution >= 0.6 is 11.3 Å². The van der Waals surface area contributed by atoms with E-state index in [4.69, 9.17) is 5.73 Å². The van der Waals surface area contributed by atoms with Crippen LogP contribution in [0.5, 0.6) is 0 Å². The van der Waals surface area contributed by atoms with E-state index in [1.165, 1.54) is 29.7 Å². The molecule has 0 amide bonds. The van der Waals surface area contributed by atoms with Crippen LogP contribution in [-0.2, 0) is 19.9 Å². The highest BCUT2D eigenvalue weighted by Gasteiger charge is 2.22. The van der Waals surface area contributed by atoms with Gasteiger partial charge in [0, 0.05) is 11.9 Å². The zero-order valence-electron chi connectivity index (χ0n) is 9.23. The van der Waals surface area contributed by atoms with Gasteiger partial charge in [0.05, 0.1) is 10.6 Å². The SMILES string of the molecule is Cn1cnnc1-c1c(N)sc2c1CCCC2. The van der Waals surface area contributed by atoms with Gasteiger partial charge in [-0.25, -0.2) is 0 Å². The predicted octanol–water partition coefficient (Wildman–Crippen LogP) is 2.00. The molecule has 1 aliphatic rings. The van der Waals surface area contributed by atoms with Crippen molar-refractivity contribution in [3.8, 4) is 11.4 Å². The van der Waals surface area contributed by atoms with E-state index < -0.39 is 0 Å². The van der Waals surface area contributed by atoms with Gasteiger partial charge in [-0.3, -0.25) is 0 Å². The molecule has 0 aliphatic heterocycles. The van der Waals surface area contributed by atoms with Gasteiger partial charge in [0.15, 0.2) is 5.82 Å². The highest BCUT2D eigenvalue weighted by Crippen LogP contribution is 2.41. The molecule has 0 saturated carbocycles. The highest BCUT2D eigenvalue weighted by atomic mass is 32.1. The maximum Gasteiger partial charge on any atom is 0.166 e. The van der Waals surface area contributed by atoms with E-state index in [9.17, 15) is 0 Å². The average Bonchev–Trinajstić information content (AvgIpc) is 2.81. The van der Waals surface area contributed by atoms with Crippen molar-refractivity contribution in [1.29, 1.82) is 0 Å². The van der Waals surface area contributed by atoms with Gasteiger partial charge >= 0.3 is 0 Å². The van der Waals surface area contributed by atoms with Crippen LogP contribution in [0.1, 0.15) is 23.3 Å². The molecule has 2 aromatic rings. The number of nitrogen functional groups attached to an aromatic ring is 1. The van der Waals surface area contributed by atoms with E-state index in [0.29, 0.717) is 0 Å². The van der Waals surface area contributed by atoms with Gasteiger partial charge in [0.1, 0.15) is 6.33 Å². The third-order valence-electron chi connectivity index (χ3n) is 3.13. The number of fused-ring (bicyclic) bond motifs is 1. The molecule has 0 unspecified atom stereocenters. The fraction of sp³-hybridized carbons (Fsp3) is 0.455. The molecule has 0 aromatic carbocycles. The molecule has 1 aliphatic carbocycles. The van der Waals surface area contributed by atoms with Gasteiger partial charge in [-0.2, -0.15) is 0 Å². The normalized spacial score (nSPS) is 15.1. The minimum Gasteiger partial charge on any atom is -0.390 e. The van der Waals surface area contributed by atoms with Crippen LogP contribution in [0.3, 0.4) is 0 Å². The topological polar surface area (TPSA) is 56.7 Å². The first-order valence-electron chi connectivity index (χ1n) is 5.51. The monoisotopic (exact) mass is 234 g/mol. The van der Waals surface area contributed by atoms with Crippen molar-refractivity contribution in [2.24, 2.45) is 7.05 Å². The van der Waals surface area contributed by atoms with Crippen LogP contribution in [0.4, 0.5) is 5.00 Å². The Morgan fingerprint density at radius 2 is 2.19 bits per heavy atom. The Bertz CT molecular complexity index is 526. The molecule has 2 heterocycles. The third kappa shape index (κ3) is 1.35. The fourth-order valence-corrected chi connectivity index (χ4v) is 3.50. The van der Waals surface area contributed by atoms with Crippen LogP contribution in [0.25, 0.3) is 11.4 Å². The number of anilines is 1. The van der Waals surface area contributed by atoms with Gasteiger partial charge in [0.2, 0.25) is 0 Å². The molecule has 0 fully saturated rings. The molecule has 2 N–H and O–H groups in total. The zero-order valence-corrected chi connectivity index (χ0v) is 10.0. The van der Waals surface area contributed by atoms with E-state index in [1.807, 2.05) is 11.6 Å². The first-order valence-corrected chi connectivity index (χ1v) is 6.33. The van der Waals surface area contributed by atoms with E-state index >= 15 is 0 Å². The number of nitrogens with zero attached hydrogens (tertiary/aromatic N) is 3. The van der Waals surface area contributed by atoms with E-state index in [0.717, 1.165) is 22.8 Å². The molecule has 0 atom stereocenters. The van der Waals surface area contributed by atoms with E-state index in [2.05, 4.69) is 10.2 Å². The third-order valence-corrected chi connectivity index (χ3v) is 4.25. The summed E-state index contributed by atoms with van der Waals surface area (Å²) < 4.78 is 1.94. The van der Waals surface area contributed by atoms with Crippen molar-refractivity contribution in [3.05, 3.63) is 16.8 Å². The molecule has 16 heavy (non-hydrogen) atoms. The number of nitrogens with two attached hydrogens (primary N) is 1. The van der Waals surface area contributed by atoms with Crippen LogP contribution in [-0.4, -0.2) is 14.8 Å². The molecular weight excluding hydrogens is 220 g/mol. The maximum absolute atomic E-state index is 6.12. The lowest BCUT2D eigenvalue weighted by atomic mass is 9.95. The maximum atomic E-state index is 6.12. The Morgan fingerprint density at radius 3 is 2.94 bits per heavy atom. The summed E-state index contributed by atoms with van der Waals surface area (Å²) >= 11 is 1.72. The smallest absolute Gasteiger partial charge is 0.166 e. The lowest BCUT2D eigenvalue weighted by Crippen LogP contribution is -2.02. The fourth-order valence-electron chi connectivity index (χ4n) is 2.34. The molecule has 84 valence electrons. The molecule has 0 radical (unpaired) electrons. The van der Waals surface area contributed by atoms with Crippen molar-refractivity contribution in [2.75, 3.05) is 5.73 Å². The Hall–Kier alpha value is -1.36. The van der Waals surface area contributed by atoms with Crippen LogP contribution in [0.15, 0.2) is 6.33 Å². The van der Waals surface area contributed by atoms with Crippen LogP contribution in [0.2, 0.25) is 0 Å². The molecule has 4 nitrogen and oxygen atoms in total.